The third-order valence-corrected chi connectivity index (χ3v) is 5.48. The fourth-order valence-corrected chi connectivity index (χ4v) is 3.39. The summed E-state index contributed by atoms with van der Waals surface area (Å²) in [5, 5.41) is 5.68. The second kappa shape index (κ2) is 8.08. The van der Waals surface area contributed by atoms with E-state index in [-0.39, 0.29) is 11.8 Å². The number of amides is 2. The van der Waals surface area contributed by atoms with Crippen molar-refractivity contribution >= 4 is 23.2 Å². The van der Waals surface area contributed by atoms with Crippen LogP contribution < -0.4 is 15.5 Å². The molecule has 0 bridgehead atoms. The van der Waals surface area contributed by atoms with Crippen molar-refractivity contribution in [3.05, 3.63) is 24.3 Å². The van der Waals surface area contributed by atoms with Gasteiger partial charge in [0.05, 0.1) is 6.61 Å². The SMILES string of the molecule is COCCNC(=O)C1(C(=O)Nc2ccc(N3CCC(C)CC3)cc2)CC1. The normalized spacial score (nSPS) is 19.1. The van der Waals surface area contributed by atoms with E-state index in [9.17, 15) is 9.59 Å². The van der Waals surface area contributed by atoms with E-state index in [0.717, 1.165) is 24.7 Å². The first-order valence-corrected chi connectivity index (χ1v) is 9.49. The lowest BCUT2D eigenvalue weighted by molar-refractivity contribution is -0.134. The Morgan fingerprint density at radius 2 is 1.81 bits per heavy atom. The largest absolute Gasteiger partial charge is 0.383 e. The molecule has 0 spiro atoms. The molecule has 2 aliphatic rings. The predicted molar refractivity (Wildman–Crippen MR) is 102 cm³/mol. The Kier molecular flexibility index (Phi) is 5.81. The third-order valence-electron chi connectivity index (χ3n) is 5.48. The molecule has 0 radical (unpaired) electrons. The molecule has 1 aliphatic heterocycles. The maximum Gasteiger partial charge on any atom is 0.240 e. The van der Waals surface area contributed by atoms with Gasteiger partial charge >= 0.3 is 0 Å². The number of hydrogen-bond donors (Lipinski definition) is 2. The number of nitrogens with zero attached hydrogens (tertiary/aromatic N) is 1. The molecule has 1 aliphatic carbocycles. The monoisotopic (exact) mass is 359 g/mol. The number of rotatable bonds is 7. The van der Waals surface area contributed by atoms with Crippen LogP contribution in [0, 0.1) is 11.3 Å². The Labute approximate surface area is 155 Å². The molecule has 1 heterocycles. The molecule has 0 aromatic heterocycles. The number of benzene rings is 1. The average Bonchev–Trinajstić information content (AvgIpc) is 3.45. The number of nitrogens with one attached hydrogen (secondary N) is 2. The zero-order chi connectivity index (χ0) is 18.6. The van der Waals surface area contributed by atoms with Crippen molar-refractivity contribution in [1.82, 2.24) is 5.32 Å². The highest BCUT2D eigenvalue weighted by Crippen LogP contribution is 2.46. The van der Waals surface area contributed by atoms with Gasteiger partial charge in [-0.2, -0.15) is 0 Å². The lowest BCUT2D eigenvalue weighted by Gasteiger charge is -2.32. The molecule has 1 aromatic carbocycles. The smallest absolute Gasteiger partial charge is 0.240 e. The molecule has 3 rings (SSSR count). The standard InChI is InChI=1S/C20H29N3O3/c1-15-7-12-23(13-8-15)17-5-3-16(4-6-17)22-19(25)20(9-10-20)18(24)21-11-14-26-2/h3-6,15H,7-14H2,1-2H3,(H,21,24)(H,22,25). The van der Waals surface area contributed by atoms with E-state index in [1.165, 1.54) is 18.5 Å². The number of piperidine rings is 1. The van der Waals surface area contributed by atoms with Crippen LogP contribution in [0.1, 0.15) is 32.6 Å². The average molecular weight is 359 g/mol. The molecule has 2 fully saturated rings. The van der Waals surface area contributed by atoms with Gasteiger partial charge in [-0.05, 0) is 55.9 Å². The molecule has 6 nitrogen and oxygen atoms in total. The van der Waals surface area contributed by atoms with Gasteiger partial charge in [-0.15, -0.1) is 0 Å². The molecule has 2 N–H and O–H groups in total. The van der Waals surface area contributed by atoms with Gasteiger partial charge in [0, 0.05) is 38.1 Å². The van der Waals surface area contributed by atoms with E-state index in [1.807, 2.05) is 24.3 Å². The van der Waals surface area contributed by atoms with Crippen molar-refractivity contribution in [2.45, 2.75) is 32.6 Å². The lowest BCUT2D eigenvalue weighted by Crippen LogP contribution is -2.41. The molecule has 0 atom stereocenters. The Hall–Kier alpha value is -2.08. The van der Waals surface area contributed by atoms with Crippen LogP contribution in [0.5, 0.6) is 0 Å². The second-order valence-corrected chi connectivity index (χ2v) is 7.50. The van der Waals surface area contributed by atoms with Crippen LogP contribution in [-0.2, 0) is 14.3 Å². The summed E-state index contributed by atoms with van der Waals surface area (Å²) < 4.78 is 4.93. The van der Waals surface area contributed by atoms with Gasteiger partial charge in [0.1, 0.15) is 5.41 Å². The summed E-state index contributed by atoms with van der Waals surface area (Å²) in [5.41, 5.74) is 1.02. The first-order valence-electron chi connectivity index (χ1n) is 9.49. The summed E-state index contributed by atoms with van der Waals surface area (Å²) in [6.45, 7) is 5.33. The highest BCUT2D eigenvalue weighted by atomic mass is 16.5. The minimum absolute atomic E-state index is 0.203. The number of carbonyl (C=O) groups is 2. The summed E-state index contributed by atoms with van der Waals surface area (Å²) in [4.78, 5) is 27.3. The minimum Gasteiger partial charge on any atom is -0.383 e. The van der Waals surface area contributed by atoms with Crippen LogP contribution in [0.15, 0.2) is 24.3 Å². The van der Waals surface area contributed by atoms with E-state index in [2.05, 4.69) is 22.5 Å². The lowest BCUT2D eigenvalue weighted by atomic mass is 9.99. The number of methoxy groups -OCH3 is 1. The van der Waals surface area contributed by atoms with E-state index in [0.29, 0.717) is 26.0 Å². The summed E-state index contributed by atoms with van der Waals surface area (Å²) >= 11 is 0. The quantitative estimate of drug-likeness (QED) is 0.579. The zero-order valence-electron chi connectivity index (χ0n) is 15.7. The molecule has 2 amide bonds. The summed E-state index contributed by atoms with van der Waals surface area (Å²) in [6.07, 6.45) is 3.64. The van der Waals surface area contributed by atoms with Crippen molar-refractivity contribution in [3.8, 4) is 0 Å². The third kappa shape index (κ3) is 4.18. The number of carbonyl (C=O) groups excluding carboxylic acids is 2. The topological polar surface area (TPSA) is 70.7 Å². The molecule has 0 unspecified atom stereocenters. The van der Waals surface area contributed by atoms with Gasteiger partial charge in [0.2, 0.25) is 11.8 Å². The van der Waals surface area contributed by atoms with Crippen molar-refractivity contribution in [1.29, 1.82) is 0 Å². The fraction of sp³-hybridized carbons (Fsp3) is 0.600. The van der Waals surface area contributed by atoms with Crippen LogP contribution in [0.2, 0.25) is 0 Å². The van der Waals surface area contributed by atoms with Crippen molar-refractivity contribution < 1.29 is 14.3 Å². The van der Waals surface area contributed by atoms with Gasteiger partial charge in [0.15, 0.2) is 0 Å². The van der Waals surface area contributed by atoms with Crippen molar-refractivity contribution in [2.75, 3.05) is 43.6 Å². The van der Waals surface area contributed by atoms with Gasteiger partial charge in [-0.25, -0.2) is 0 Å². The fourth-order valence-electron chi connectivity index (χ4n) is 3.39. The molecule has 6 heteroatoms. The van der Waals surface area contributed by atoms with E-state index in [4.69, 9.17) is 4.74 Å². The van der Waals surface area contributed by atoms with Gasteiger partial charge in [-0.3, -0.25) is 9.59 Å². The van der Waals surface area contributed by atoms with Crippen molar-refractivity contribution in [3.63, 3.8) is 0 Å². The first-order chi connectivity index (χ1) is 12.5. The highest BCUT2D eigenvalue weighted by Gasteiger charge is 2.56. The molecular weight excluding hydrogens is 330 g/mol. The Bertz CT molecular complexity index is 632. The van der Waals surface area contributed by atoms with Crippen LogP contribution in [-0.4, -0.2) is 45.2 Å². The number of anilines is 2. The van der Waals surface area contributed by atoms with Crippen LogP contribution in [0.25, 0.3) is 0 Å². The molecule has 1 saturated carbocycles. The molecule has 26 heavy (non-hydrogen) atoms. The van der Waals surface area contributed by atoms with Crippen LogP contribution in [0.3, 0.4) is 0 Å². The summed E-state index contributed by atoms with van der Waals surface area (Å²) in [7, 11) is 1.58. The Balaban J connectivity index is 1.55. The Morgan fingerprint density at radius 3 is 2.38 bits per heavy atom. The maximum absolute atomic E-state index is 12.6. The van der Waals surface area contributed by atoms with Crippen LogP contribution >= 0.6 is 0 Å². The Morgan fingerprint density at radius 1 is 1.15 bits per heavy atom. The van der Waals surface area contributed by atoms with E-state index in [1.54, 1.807) is 7.11 Å². The molecule has 1 saturated heterocycles. The van der Waals surface area contributed by atoms with E-state index >= 15 is 0 Å². The summed E-state index contributed by atoms with van der Waals surface area (Å²) in [5.74, 6) is 0.382. The maximum atomic E-state index is 12.6. The molecule has 142 valence electrons. The second-order valence-electron chi connectivity index (χ2n) is 7.50. The van der Waals surface area contributed by atoms with E-state index < -0.39 is 5.41 Å². The van der Waals surface area contributed by atoms with Gasteiger partial charge < -0.3 is 20.3 Å². The highest BCUT2D eigenvalue weighted by molar-refractivity contribution is 6.13. The van der Waals surface area contributed by atoms with Crippen LogP contribution in [0.4, 0.5) is 11.4 Å². The number of ether oxygens (including phenoxy) is 1. The molecular formula is C20H29N3O3. The van der Waals surface area contributed by atoms with Gasteiger partial charge in [0.25, 0.3) is 0 Å². The predicted octanol–water partition coefficient (Wildman–Crippen LogP) is 2.40. The van der Waals surface area contributed by atoms with Gasteiger partial charge in [-0.1, -0.05) is 6.92 Å². The number of hydrogen-bond acceptors (Lipinski definition) is 4. The minimum atomic E-state index is -0.907. The molecule has 1 aromatic rings. The zero-order valence-corrected chi connectivity index (χ0v) is 15.7. The van der Waals surface area contributed by atoms with Crippen molar-refractivity contribution in [2.24, 2.45) is 11.3 Å². The summed E-state index contributed by atoms with van der Waals surface area (Å²) in [6, 6.07) is 7.93. The first kappa shape index (κ1) is 18.7.